The lowest BCUT2D eigenvalue weighted by molar-refractivity contribution is 0.575. The van der Waals surface area contributed by atoms with E-state index in [1.807, 2.05) is 24.3 Å². The Balaban J connectivity index is 2.82. The van der Waals surface area contributed by atoms with Crippen LogP contribution in [0.3, 0.4) is 0 Å². The van der Waals surface area contributed by atoms with E-state index in [9.17, 15) is 0 Å². The first-order valence-corrected chi connectivity index (χ1v) is 7.36. The minimum absolute atomic E-state index is 0.525. The first kappa shape index (κ1) is 9.61. The van der Waals surface area contributed by atoms with Crippen LogP contribution in [0.5, 0.6) is 5.75 Å². The van der Waals surface area contributed by atoms with Crippen molar-refractivity contribution in [2.24, 2.45) is 0 Å². The molecule has 12 heavy (non-hydrogen) atoms. The molecule has 0 aliphatic carbocycles. The third-order valence-corrected chi connectivity index (χ3v) is 2.49. The summed E-state index contributed by atoms with van der Waals surface area (Å²) >= 11 is 5.75. The number of para-hydroxylation sites is 1. The summed E-state index contributed by atoms with van der Waals surface area (Å²) in [6.45, 7) is 4.29. The maximum absolute atomic E-state index is 5.75. The van der Waals surface area contributed by atoms with Crippen molar-refractivity contribution in [3.05, 3.63) is 29.8 Å². The van der Waals surface area contributed by atoms with Crippen molar-refractivity contribution in [3.8, 4) is 5.75 Å². The van der Waals surface area contributed by atoms with Crippen LogP contribution in [0.15, 0.2) is 24.3 Å². The van der Waals surface area contributed by atoms with Crippen molar-refractivity contribution in [1.29, 1.82) is 0 Å². The van der Waals surface area contributed by atoms with Gasteiger partial charge < -0.3 is 4.43 Å². The maximum Gasteiger partial charge on any atom is 0.229 e. The minimum Gasteiger partial charge on any atom is -0.547 e. The number of benzene rings is 1. The van der Waals surface area contributed by atoms with Crippen LogP contribution < -0.4 is 4.43 Å². The molecule has 1 aromatic carbocycles. The van der Waals surface area contributed by atoms with Crippen LogP contribution in [0, 0.1) is 0 Å². The molecule has 0 fully saturated rings. The fraction of sp³-hybridized carbons (Fsp3) is 0.333. The Kier molecular flexibility index (Phi) is 3.63. The lowest BCUT2D eigenvalue weighted by Gasteiger charge is -2.11. The van der Waals surface area contributed by atoms with E-state index >= 15 is 0 Å². The Morgan fingerprint density at radius 1 is 1.33 bits per heavy atom. The van der Waals surface area contributed by atoms with E-state index in [0.29, 0.717) is 5.88 Å². The quantitative estimate of drug-likeness (QED) is 0.539. The molecule has 0 N–H and O–H groups in total. The standard InChI is InChI=1S/C9H13ClOSi/c1-12(2)11-9-6-4-3-5-8(9)7-10/h3-6,12H,7H2,1-2H3. The zero-order valence-electron chi connectivity index (χ0n) is 7.38. The molecule has 0 aliphatic heterocycles. The SMILES string of the molecule is C[SiH](C)Oc1ccccc1CCl. The molecule has 0 amide bonds. The van der Waals surface area contributed by atoms with Gasteiger partial charge in [-0.15, -0.1) is 11.6 Å². The number of alkyl halides is 1. The van der Waals surface area contributed by atoms with Gasteiger partial charge in [0, 0.05) is 5.56 Å². The van der Waals surface area contributed by atoms with Crippen LogP contribution in [0.1, 0.15) is 5.56 Å². The van der Waals surface area contributed by atoms with Crippen molar-refractivity contribution < 1.29 is 4.43 Å². The molecule has 66 valence electrons. The zero-order valence-corrected chi connectivity index (χ0v) is 9.29. The summed E-state index contributed by atoms with van der Waals surface area (Å²) in [5.74, 6) is 1.48. The van der Waals surface area contributed by atoms with Crippen LogP contribution in [-0.4, -0.2) is 9.04 Å². The molecule has 1 nitrogen and oxygen atoms in total. The van der Waals surface area contributed by atoms with Crippen molar-refractivity contribution in [3.63, 3.8) is 0 Å². The van der Waals surface area contributed by atoms with Crippen LogP contribution in [-0.2, 0) is 5.88 Å². The van der Waals surface area contributed by atoms with Crippen LogP contribution >= 0.6 is 11.6 Å². The Morgan fingerprint density at radius 3 is 2.58 bits per heavy atom. The van der Waals surface area contributed by atoms with E-state index in [0.717, 1.165) is 11.3 Å². The van der Waals surface area contributed by atoms with Gasteiger partial charge in [0.15, 0.2) is 0 Å². The molecular weight excluding hydrogens is 188 g/mol. The van der Waals surface area contributed by atoms with Gasteiger partial charge >= 0.3 is 0 Å². The molecule has 3 heteroatoms. The summed E-state index contributed by atoms with van der Waals surface area (Å²) in [7, 11) is -0.998. The van der Waals surface area contributed by atoms with E-state index in [-0.39, 0.29) is 0 Å². The van der Waals surface area contributed by atoms with Gasteiger partial charge in [-0.3, -0.25) is 0 Å². The van der Waals surface area contributed by atoms with Gasteiger partial charge in [-0.05, 0) is 19.2 Å². The lowest BCUT2D eigenvalue weighted by Crippen LogP contribution is -2.12. The molecule has 0 saturated carbocycles. The van der Waals surface area contributed by atoms with Crippen LogP contribution in [0.4, 0.5) is 0 Å². The fourth-order valence-electron chi connectivity index (χ4n) is 0.983. The van der Waals surface area contributed by atoms with E-state index in [1.165, 1.54) is 0 Å². The molecular formula is C9H13ClOSi. The predicted octanol–water partition coefficient (Wildman–Crippen LogP) is 2.79. The molecule has 0 heterocycles. The second kappa shape index (κ2) is 4.53. The van der Waals surface area contributed by atoms with Gasteiger partial charge in [-0.25, -0.2) is 0 Å². The molecule has 0 bridgehead atoms. The molecule has 0 aromatic heterocycles. The summed E-state index contributed by atoms with van der Waals surface area (Å²) in [6.07, 6.45) is 0. The molecule has 0 atom stereocenters. The summed E-state index contributed by atoms with van der Waals surface area (Å²) in [6, 6.07) is 7.93. The Bertz CT molecular complexity index is 250. The predicted molar refractivity (Wildman–Crippen MR) is 55.5 cm³/mol. The van der Waals surface area contributed by atoms with Gasteiger partial charge in [0.05, 0.1) is 5.88 Å². The third kappa shape index (κ3) is 2.54. The first-order chi connectivity index (χ1) is 5.74. The number of halogens is 1. The van der Waals surface area contributed by atoms with E-state index in [4.69, 9.17) is 16.0 Å². The van der Waals surface area contributed by atoms with Crippen molar-refractivity contribution in [1.82, 2.24) is 0 Å². The van der Waals surface area contributed by atoms with Crippen LogP contribution in [0.25, 0.3) is 0 Å². The summed E-state index contributed by atoms with van der Waals surface area (Å²) < 4.78 is 5.69. The van der Waals surface area contributed by atoms with E-state index < -0.39 is 9.04 Å². The average Bonchev–Trinajstić information content (AvgIpc) is 2.04. The Morgan fingerprint density at radius 2 is 2.00 bits per heavy atom. The molecule has 1 aromatic rings. The van der Waals surface area contributed by atoms with Crippen molar-refractivity contribution in [2.45, 2.75) is 19.0 Å². The lowest BCUT2D eigenvalue weighted by atomic mass is 10.2. The van der Waals surface area contributed by atoms with E-state index in [2.05, 4.69) is 13.1 Å². The summed E-state index contributed by atoms with van der Waals surface area (Å²) in [4.78, 5) is 0. The highest BCUT2D eigenvalue weighted by atomic mass is 35.5. The highest BCUT2D eigenvalue weighted by Crippen LogP contribution is 2.20. The summed E-state index contributed by atoms with van der Waals surface area (Å²) in [5.41, 5.74) is 1.08. The van der Waals surface area contributed by atoms with Gasteiger partial charge in [0.25, 0.3) is 0 Å². The van der Waals surface area contributed by atoms with Gasteiger partial charge in [0.1, 0.15) is 5.75 Å². The number of rotatable bonds is 3. The minimum atomic E-state index is -0.998. The molecule has 0 spiro atoms. The highest BCUT2D eigenvalue weighted by Gasteiger charge is 2.03. The van der Waals surface area contributed by atoms with Gasteiger partial charge in [-0.1, -0.05) is 18.2 Å². The molecule has 0 aliphatic rings. The highest BCUT2D eigenvalue weighted by molar-refractivity contribution is 6.49. The number of hydrogen-bond acceptors (Lipinski definition) is 1. The van der Waals surface area contributed by atoms with Crippen LogP contribution in [0.2, 0.25) is 13.1 Å². The third-order valence-electron chi connectivity index (χ3n) is 1.48. The molecule has 0 saturated heterocycles. The topological polar surface area (TPSA) is 9.23 Å². The summed E-state index contributed by atoms with van der Waals surface area (Å²) in [5, 5.41) is 0. The zero-order chi connectivity index (χ0) is 8.97. The normalized spacial score (nSPS) is 10.3. The Labute approximate surface area is 80.0 Å². The van der Waals surface area contributed by atoms with Crippen molar-refractivity contribution >= 4 is 20.6 Å². The second-order valence-electron chi connectivity index (χ2n) is 2.91. The Hall–Kier alpha value is -0.473. The second-order valence-corrected chi connectivity index (χ2v) is 5.51. The molecule has 1 rings (SSSR count). The molecule has 0 unspecified atom stereocenters. The monoisotopic (exact) mass is 200 g/mol. The fourth-order valence-corrected chi connectivity index (χ4v) is 1.94. The first-order valence-electron chi connectivity index (χ1n) is 4.04. The maximum atomic E-state index is 5.75. The van der Waals surface area contributed by atoms with Gasteiger partial charge in [-0.2, -0.15) is 0 Å². The average molecular weight is 201 g/mol. The molecule has 0 radical (unpaired) electrons. The largest absolute Gasteiger partial charge is 0.547 e. The smallest absolute Gasteiger partial charge is 0.229 e. The van der Waals surface area contributed by atoms with E-state index in [1.54, 1.807) is 0 Å². The number of hydrogen-bond donors (Lipinski definition) is 0. The van der Waals surface area contributed by atoms with Crippen molar-refractivity contribution in [2.75, 3.05) is 0 Å². The van der Waals surface area contributed by atoms with Gasteiger partial charge in [0.2, 0.25) is 9.04 Å².